The van der Waals surface area contributed by atoms with Crippen molar-refractivity contribution in [3.63, 3.8) is 0 Å². The predicted octanol–water partition coefficient (Wildman–Crippen LogP) is 2.97. The first-order chi connectivity index (χ1) is 13.2. The van der Waals surface area contributed by atoms with Crippen LogP contribution in [0.5, 0.6) is 5.75 Å². The first-order valence-corrected chi connectivity index (χ1v) is 9.75. The second-order valence-corrected chi connectivity index (χ2v) is 7.61. The highest BCUT2D eigenvalue weighted by atomic mass is 32.2. The molecule has 2 N–H and O–H groups in total. The standard InChI is InChI=1S/C18H19F3N2O4S/c1-12(13-3-2-4-15(11-13)27-18(20)21)23-17(24)9-10-22-28(25,26)16-7-5-14(19)6-8-16/h2-8,11-12,18,22H,9-10H2,1H3,(H,23,24). The lowest BCUT2D eigenvalue weighted by molar-refractivity contribution is -0.121. The number of amides is 1. The fraction of sp³-hybridized carbons (Fsp3) is 0.278. The van der Waals surface area contributed by atoms with E-state index in [9.17, 15) is 26.4 Å². The number of hydrogen-bond donors (Lipinski definition) is 2. The molecule has 0 aliphatic rings. The zero-order valence-electron chi connectivity index (χ0n) is 14.9. The summed E-state index contributed by atoms with van der Waals surface area (Å²) in [5.41, 5.74) is 0.554. The van der Waals surface area contributed by atoms with Crippen LogP contribution in [0.3, 0.4) is 0 Å². The van der Waals surface area contributed by atoms with E-state index in [4.69, 9.17) is 0 Å². The van der Waals surface area contributed by atoms with E-state index in [-0.39, 0.29) is 23.6 Å². The Bertz CT molecular complexity index is 905. The number of rotatable bonds is 9. The zero-order chi connectivity index (χ0) is 20.7. The maximum Gasteiger partial charge on any atom is 0.387 e. The number of nitrogens with one attached hydrogen (secondary N) is 2. The summed E-state index contributed by atoms with van der Waals surface area (Å²) in [5, 5.41) is 2.64. The SMILES string of the molecule is CC(NC(=O)CCNS(=O)(=O)c1ccc(F)cc1)c1cccc(OC(F)F)c1. The molecule has 0 aliphatic carbocycles. The summed E-state index contributed by atoms with van der Waals surface area (Å²) in [7, 11) is -3.85. The Morgan fingerprint density at radius 3 is 2.46 bits per heavy atom. The smallest absolute Gasteiger partial charge is 0.387 e. The number of benzene rings is 2. The van der Waals surface area contributed by atoms with Gasteiger partial charge in [0.15, 0.2) is 0 Å². The maximum absolute atomic E-state index is 12.9. The molecule has 0 saturated heterocycles. The third-order valence-electron chi connectivity index (χ3n) is 3.73. The van der Waals surface area contributed by atoms with E-state index in [0.717, 1.165) is 24.3 Å². The third-order valence-corrected chi connectivity index (χ3v) is 5.21. The van der Waals surface area contributed by atoms with Gasteiger partial charge in [-0.05, 0) is 48.9 Å². The summed E-state index contributed by atoms with van der Waals surface area (Å²) in [5.74, 6) is -1.02. The minimum atomic E-state index is -3.85. The average Bonchev–Trinajstić information content (AvgIpc) is 2.61. The van der Waals surface area contributed by atoms with Crippen molar-refractivity contribution in [2.24, 2.45) is 0 Å². The van der Waals surface area contributed by atoms with Gasteiger partial charge in [-0.2, -0.15) is 8.78 Å². The quantitative estimate of drug-likeness (QED) is 0.658. The molecule has 1 amide bonds. The fourth-order valence-electron chi connectivity index (χ4n) is 2.35. The Balaban J connectivity index is 1.86. The normalized spacial score (nSPS) is 12.6. The van der Waals surface area contributed by atoms with Gasteiger partial charge < -0.3 is 10.1 Å². The predicted molar refractivity (Wildman–Crippen MR) is 95.8 cm³/mol. The summed E-state index contributed by atoms with van der Waals surface area (Å²) < 4.78 is 68.1. The van der Waals surface area contributed by atoms with E-state index in [0.29, 0.717) is 5.56 Å². The monoisotopic (exact) mass is 416 g/mol. The van der Waals surface area contributed by atoms with Gasteiger partial charge >= 0.3 is 6.61 Å². The molecule has 2 aromatic rings. The number of carbonyl (C=O) groups excluding carboxylic acids is 1. The first-order valence-electron chi connectivity index (χ1n) is 8.27. The second kappa shape index (κ2) is 9.56. The molecule has 1 atom stereocenters. The van der Waals surface area contributed by atoms with Crippen molar-refractivity contribution in [3.8, 4) is 5.75 Å². The molecule has 152 valence electrons. The highest BCUT2D eigenvalue weighted by Gasteiger charge is 2.15. The van der Waals surface area contributed by atoms with Crippen LogP contribution in [-0.4, -0.2) is 27.5 Å². The fourth-order valence-corrected chi connectivity index (χ4v) is 3.38. The second-order valence-electron chi connectivity index (χ2n) is 5.84. The maximum atomic E-state index is 12.9. The number of halogens is 3. The lowest BCUT2D eigenvalue weighted by Crippen LogP contribution is -2.32. The minimum Gasteiger partial charge on any atom is -0.435 e. The molecule has 10 heteroatoms. The Hall–Kier alpha value is -2.59. The molecule has 28 heavy (non-hydrogen) atoms. The van der Waals surface area contributed by atoms with Crippen LogP contribution in [0.25, 0.3) is 0 Å². The van der Waals surface area contributed by atoms with Gasteiger partial charge in [-0.15, -0.1) is 0 Å². The molecular weight excluding hydrogens is 397 g/mol. The van der Waals surface area contributed by atoms with E-state index >= 15 is 0 Å². The topological polar surface area (TPSA) is 84.5 Å². The summed E-state index contributed by atoms with van der Waals surface area (Å²) >= 11 is 0. The van der Waals surface area contributed by atoms with Crippen LogP contribution in [0.4, 0.5) is 13.2 Å². The molecule has 0 saturated carbocycles. The highest BCUT2D eigenvalue weighted by molar-refractivity contribution is 7.89. The molecule has 6 nitrogen and oxygen atoms in total. The summed E-state index contributed by atoms with van der Waals surface area (Å²) in [6.45, 7) is -1.45. The van der Waals surface area contributed by atoms with Gasteiger partial charge in [0.1, 0.15) is 11.6 Å². The molecule has 1 unspecified atom stereocenters. The van der Waals surface area contributed by atoms with Gasteiger partial charge in [0.25, 0.3) is 0 Å². The summed E-state index contributed by atoms with van der Waals surface area (Å²) in [6, 6.07) is 9.70. The van der Waals surface area contributed by atoms with Crippen molar-refractivity contribution >= 4 is 15.9 Å². The Morgan fingerprint density at radius 2 is 1.82 bits per heavy atom. The van der Waals surface area contributed by atoms with E-state index in [1.54, 1.807) is 13.0 Å². The van der Waals surface area contributed by atoms with Gasteiger partial charge in [0.05, 0.1) is 10.9 Å². The molecule has 0 spiro atoms. The number of carbonyl (C=O) groups is 1. The van der Waals surface area contributed by atoms with Crippen molar-refractivity contribution in [2.75, 3.05) is 6.54 Å². The van der Waals surface area contributed by atoms with E-state index in [1.165, 1.54) is 18.2 Å². The van der Waals surface area contributed by atoms with Gasteiger partial charge in [-0.3, -0.25) is 4.79 Å². The number of hydrogen-bond acceptors (Lipinski definition) is 4. The van der Waals surface area contributed by atoms with E-state index in [1.807, 2.05) is 0 Å². The zero-order valence-corrected chi connectivity index (χ0v) is 15.7. The van der Waals surface area contributed by atoms with Crippen LogP contribution in [0.15, 0.2) is 53.4 Å². The van der Waals surface area contributed by atoms with Crippen LogP contribution in [0.1, 0.15) is 24.9 Å². The van der Waals surface area contributed by atoms with Crippen molar-refractivity contribution in [1.82, 2.24) is 10.0 Å². The summed E-state index contributed by atoms with van der Waals surface area (Å²) in [6.07, 6.45) is -0.141. The molecule has 0 aliphatic heterocycles. The van der Waals surface area contributed by atoms with Crippen LogP contribution in [0, 0.1) is 5.82 Å². The van der Waals surface area contributed by atoms with Crippen LogP contribution in [-0.2, 0) is 14.8 Å². The Labute approximate surface area is 160 Å². The van der Waals surface area contributed by atoms with Gasteiger partial charge in [0, 0.05) is 13.0 Å². The molecule has 0 radical (unpaired) electrons. The minimum absolute atomic E-state index is 0.0272. The number of ether oxygens (including phenoxy) is 1. The average molecular weight is 416 g/mol. The van der Waals surface area contributed by atoms with Crippen LogP contribution in [0.2, 0.25) is 0 Å². The first kappa shape index (κ1) is 21.7. The summed E-state index contributed by atoms with van der Waals surface area (Å²) in [4.78, 5) is 11.9. The molecule has 0 heterocycles. The molecule has 0 fully saturated rings. The van der Waals surface area contributed by atoms with E-state index in [2.05, 4.69) is 14.8 Å². The van der Waals surface area contributed by atoms with E-state index < -0.39 is 34.4 Å². The van der Waals surface area contributed by atoms with Gasteiger partial charge in [0.2, 0.25) is 15.9 Å². The van der Waals surface area contributed by atoms with Gasteiger partial charge in [-0.1, -0.05) is 12.1 Å². The Morgan fingerprint density at radius 1 is 1.14 bits per heavy atom. The van der Waals surface area contributed by atoms with Gasteiger partial charge in [-0.25, -0.2) is 17.5 Å². The molecule has 0 bridgehead atoms. The van der Waals surface area contributed by atoms with Crippen molar-refractivity contribution in [1.29, 1.82) is 0 Å². The van der Waals surface area contributed by atoms with Crippen LogP contribution < -0.4 is 14.8 Å². The molecule has 2 aromatic carbocycles. The van der Waals surface area contributed by atoms with Crippen molar-refractivity contribution < 1.29 is 31.1 Å². The molecule has 0 aromatic heterocycles. The highest BCUT2D eigenvalue weighted by Crippen LogP contribution is 2.20. The largest absolute Gasteiger partial charge is 0.435 e. The third kappa shape index (κ3) is 6.54. The van der Waals surface area contributed by atoms with Crippen molar-refractivity contribution in [2.45, 2.75) is 30.9 Å². The lowest BCUT2D eigenvalue weighted by atomic mass is 10.1. The van der Waals surface area contributed by atoms with Crippen LogP contribution >= 0.6 is 0 Å². The molecular formula is C18H19F3N2O4S. The Kier molecular flexibility index (Phi) is 7.41. The lowest BCUT2D eigenvalue weighted by Gasteiger charge is -2.16. The van der Waals surface area contributed by atoms with Crippen molar-refractivity contribution in [3.05, 3.63) is 59.9 Å². The number of alkyl halides is 2. The molecule has 2 rings (SSSR count). The number of sulfonamides is 1.